The van der Waals surface area contributed by atoms with Gasteiger partial charge in [-0.15, -0.1) is 0 Å². The molecular weight excluding hydrogens is 198 g/mol. The van der Waals surface area contributed by atoms with Gasteiger partial charge in [-0.05, 0) is 17.7 Å². The molecule has 0 saturated heterocycles. The molecule has 0 aliphatic heterocycles. The van der Waals surface area contributed by atoms with Gasteiger partial charge < -0.3 is 15.9 Å². The van der Waals surface area contributed by atoms with Gasteiger partial charge in [0.2, 0.25) is 5.91 Å². The summed E-state index contributed by atoms with van der Waals surface area (Å²) >= 11 is 0. The van der Waals surface area contributed by atoms with Crippen LogP contribution in [-0.2, 0) is 9.59 Å². The second-order valence-corrected chi connectivity index (χ2v) is 2.81. The summed E-state index contributed by atoms with van der Waals surface area (Å²) in [5.41, 5.74) is 4.97. The number of carbonyl (C=O) groups is 2. The summed E-state index contributed by atoms with van der Waals surface area (Å²) in [4.78, 5) is 21.4. The Labute approximate surface area is 85.5 Å². The molecule has 5 nitrogen and oxygen atoms in total. The van der Waals surface area contributed by atoms with Crippen LogP contribution in [0.3, 0.4) is 0 Å². The molecule has 0 unspecified atom stereocenters. The van der Waals surface area contributed by atoms with E-state index in [4.69, 9.17) is 15.9 Å². The summed E-state index contributed by atoms with van der Waals surface area (Å²) in [6.07, 6.45) is 0.828. The van der Waals surface area contributed by atoms with Crippen LogP contribution in [0.1, 0.15) is 5.56 Å². The van der Waals surface area contributed by atoms with E-state index < -0.39 is 11.9 Å². The third-order valence-electron chi connectivity index (χ3n) is 1.70. The molecule has 78 valence electrons. The average molecular weight is 207 g/mol. The Morgan fingerprint density at radius 2 is 1.73 bits per heavy atom. The SMILES string of the molecule is NC(=O)C=C(C(=O)O)c1ccc(O)cc1. The van der Waals surface area contributed by atoms with E-state index in [0.717, 1.165) is 6.08 Å². The van der Waals surface area contributed by atoms with Gasteiger partial charge in [0, 0.05) is 6.08 Å². The maximum atomic E-state index is 10.8. The third kappa shape index (κ3) is 2.84. The Morgan fingerprint density at radius 1 is 1.20 bits per heavy atom. The van der Waals surface area contributed by atoms with Crippen molar-refractivity contribution in [3.05, 3.63) is 35.9 Å². The fourth-order valence-corrected chi connectivity index (χ4v) is 1.05. The molecule has 1 amide bonds. The second kappa shape index (κ2) is 4.28. The number of carboxylic acid groups (broad SMARTS) is 1. The number of carbonyl (C=O) groups excluding carboxylic acids is 1. The van der Waals surface area contributed by atoms with Gasteiger partial charge in [0.15, 0.2) is 0 Å². The lowest BCUT2D eigenvalue weighted by Crippen LogP contribution is -2.10. The highest BCUT2D eigenvalue weighted by Gasteiger charge is 2.11. The number of primary amides is 1. The normalized spacial score (nSPS) is 11.1. The van der Waals surface area contributed by atoms with Gasteiger partial charge in [-0.2, -0.15) is 0 Å². The molecule has 0 saturated carbocycles. The van der Waals surface area contributed by atoms with Gasteiger partial charge >= 0.3 is 5.97 Å². The summed E-state index contributed by atoms with van der Waals surface area (Å²) in [6, 6.07) is 5.43. The summed E-state index contributed by atoms with van der Waals surface area (Å²) in [5.74, 6) is -2.07. The van der Waals surface area contributed by atoms with Crippen molar-refractivity contribution in [2.45, 2.75) is 0 Å². The number of aromatic hydroxyl groups is 1. The quantitative estimate of drug-likeness (QED) is 0.622. The summed E-state index contributed by atoms with van der Waals surface area (Å²) in [6.45, 7) is 0. The van der Waals surface area contributed by atoms with E-state index >= 15 is 0 Å². The molecule has 0 aliphatic carbocycles. The van der Waals surface area contributed by atoms with E-state index in [9.17, 15) is 9.59 Å². The van der Waals surface area contributed by atoms with Crippen LogP contribution in [0.4, 0.5) is 0 Å². The maximum absolute atomic E-state index is 10.8. The van der Waals surface area contributed by atoms with E-state index in [1.807, 2.05) is 0 Å². The molecule has 5 heteroatoms. The summed E-state index contributed by atoms with van der Waals surface area (Å²) < 4.78 is 0. The Hall–Kier alpha value is -2.30. The largest absolute Gasteiger partial charge is 0.508 e. The molecule has 0 heterocycles. The molecule has 0 spiro atoms. The molecule has 0 fully saturated rings. The zero-order valence-electron chi connectivity index (χ0n) is 7.68. The van der Waals surface area contributed by atoms with Crippen LogP contribution >= 0.6 is 0 Å². The zero-order chi connectivity index (χ0) is 11.4. The number of benzene rings is 1. The van der Waals surface area contributed by atoms with Crippen LogP contribution in [0.5, 0.6) is 5.75 Å². The minimum absolute atomic E-state index is 0.0163. The Balaban J connectivity index is 3.16. The van der Waals surface area contributed by atoms with Crippen LogP contribution < -0.4 is 5.73 Å². The number of aliphatic carboxylic acids is 1. The molecule has 0 aliphatic rings. The first-order valence-electron chi connectivity index (χ1n) is 4.04. The van der Waals surface area contributed by atoms with Crippen molar-refractivity contribution < 1.29 is 19.8 Å². The number of nitrogens with two attached hydrogens (primary N) is 1. The topological polar surface area (TPSA) is 101 Å². The Morgan fingerprint density at radius 3 is 2.13 bits per heavy atom. The van der Waals surface area contributed by atoms with Gasteiger partial charge in [0.1, 0.15) is 5.75 Å². The number of phenolic OH excluding ortho intramolecular Hbond substituents is 1. The number of rotatable bonds is 3. The summed E-state index contributed by atoms with van der Waals surface area (Å²) in [5, 5.41) is 17.8. The van der Waals surface area contributed by atoms with Crippen LogP contribution in [0.15, 0.2) is 30.3 Å². The van der Waals surface area contributed by atoms with Gasteiger partial charge in [-0.25, -0.2) is 4.79 Å². The number of phenols is 1. The number of hydrogen-bond acceptors (Lipinski definition) is 3. The van der Waals surface area contributed by atoms with Crippen LogP contribution in [0.2, 0.25) is 0 Å². The molecule has 0 aromatic heterocycles. The molecule has 0 atom stereocenters. The van der Waals surface area contributed by atoms with Gasteiger partial charge in [0.25, 0.3) is 0 Å². The van der Waals surface area contributed by atoms with Crippen LogP contribution in [0, 0.1) is 0 Å². The first-order chi connectivity index (χ1) is 7.00. The molecule has 1 aromatic rings. The van der Waals surface area contributed by atoms with Gasteiger partial charge in [0.05, 0.1) is 5.57 Å². The second-order valence-electron chi connectivity index (χ2n) is 2.81. The van der Waals surface area contributed by atoms with Crippen molar-refractivity contribution in [2.75, 3.05) is 0 Å². The monoisotopic (exact) mass is 207 g/mol. The minimum atomic E-state index is -1.25. The maximum Gasteiger partial charge on any atom is 0.336 e. The highest BCUT2D eigenvalue weighted by Crippen LogP contribution is 2.17. The van der Waals surface area contributed by atoms with Crippen molar-refractivity contribution in [1.82, 2.24) is 0 Å². The fraction of sp³-hybridized carbons (Fsp3) is 0. The Kier molecular flexibility index (Phi) is 3.07. The van der Waals surface area contributed by atoms with Crippen molar-refractivity contribution in [2.24, 2.45) is 5.73 Å². The Bertz CT molecular complexity index is 420. The summed E-state index contributed by atoms with van der Waals surface area (Å²) in [7, 11) is 0. The highest BCUT2D eigenvalue weighted by atomic mass is 16.4. The third-order valence-corrected chi connectivity index (χ3v) is 1.70. The number of hydrogen-bond donors (Lipinski definition) is 3. The van der Waals surface area contributed by atoms with Crippen molar-refractivity contribution in [3.63, 3.8) is 0 Å². The predicted octanol–water partition coefficient (Wildman–Crippen LogP) is 0.345. The molecule has 0 radical (unpaired) electrons. The molecule has 4 N–H and O–H groups in total. The number of amides is 1. The molecule has 1 aromatic carbocycles. The minimum Gasteiger partial charge on any atom is -0.508 e. The average Bonchev–Trinajstić information content (AvgIpc) is 2.15. The zero-order valence-corrected chi connectivity index (χ0v) is 7.68. The fourth-order valence-electron chi connectivity index (χ4n) is 1.05. The predicted molar refractivity (Wildman–Crippen MR) is 52.9 cm³/mol. The lowest BCUT2D eigenvalue weighted by Gasteiger charge is -2.01. The lowest BCUT2D eigenvalue weighted by molar-refractivity contribution is -0.130. The van der Waals surface area contributed by atoms with E-state index in [-0.39, 0.29) is 11.3 Å². The van der Waals surface area contributed by atoms with Crippen molar-refractivity contribution >= 4 is 17.4 Å². The molecule has 0 bridgehead atoms. The van der Waals surface area contributed by atoms with E-state index in [0.29, 0.717) is 5.56 Å². The van der Waals surface area contributed by atoms with Crippen molar-refractivity contribution in [3.8, 4) is 5.75 Å². The van der Waals surface area contributed by atoms with E-state index in [1.54, 1.807) is 0 Å². The lowest BCUT2D eigenvalue weighted by atomic mass is 10.1. The van der Waals surface area contributed by atoms with Crippen LogP contribution in [-0.4, -0.2) is 22.1 Å². The first kappa shape index (κ1) is 10.8. The molecule has 1 rings (SSSR count). The molecule has 15 heavy (non-hydrogen) atoms. The van der Waals surface area contributed by atoms with Gasteiger partial charge in [-0.1, -0.05) is 12.1 Å². The van der Waals surface area contributed by atoms with Crippen molar-refractivity contribution in [1.29, 1.82) is 0 Å². The number of carboxylic acids is 1. The smallest absolute Gasteiger partial charge is 0.336 e. The van der Waals surface area contributed by atoms with Gasteiger partial charge in [-0.3, -0.25) is 4.79 Å². The highest BCUT2D eigenvalue weighted by molar-refractivity contribution is 6.20. The van der Waals surface area contributed by atoms with Crippen LogP contribution in [0.25, 0.3) is 5.57 Å². The van der Waals surface area contributed by atoms with E-state index in [1.165, 1.54) is 24.3 Å². The standard InChI is InChI=1S/C10H9NO4/c11-9(13)5-8(10(14)15)6-1-3-7(12)4-2-6/h1-5,12H,(H2,11,13)(H,14,15). The first-order valence-corrected chi connectivity index (χ1v) is 4.04. The molecular formula is C10H9NO4. The van der Waals surface area contributed by atoms with E-state index in [2.05, 4.69) is 0 Å².